The van der Waals surface area contributed by atoms with Gasteiger partial charge in [-0.05, 0) is 84.8 Å². The summed E-state index contributed by atoms with van der Waals surface area (Å²) < 4.78 is 29.2. The molecule has 3 aliphatic rings. The zero-order valence-corrected chi connectivity index (χ0v) is 25.1. The van der Waals surface area contributed by atoms with Crippen molar-refractivity contribution in [2.45, 2.75) is 38.6 Å². The van der Waals surface area contributed by atoms with Gasteiger partial charge < -0.3 is 33.7 Å². The van der Waals surface area contributed by atoms with Crippen LogP contribution < -0.4 is 24.3 Å². The second-order valence-electron chi connectivity index (χ2n) is 10.9. The average molecular weight is 598 g/mol. The van der Waals surface area contributed by atoms with E-state index in [1.165, 1.54) is 0 Å². The Hall–Kier alpha value is -4.99. The van der Waals surface area contributed by atoms with Crippen molar-refractivity contribution in [3.63, 3.8) is 0 Å². The fourth-order valence-corrected chi connectivity index (χ4v) is 5.75. The van der Waals surface area contributed by atoms with E-state index in [1.807, 2.05) is 54.6 Å². The van der Waals surface area contributed by atoms with E-state index < -0.39 is 6.04 Å². The Morgan fingerprint density at radius 2 is 1.84 bits per heavy atom. The van der Waals surface area contributed by atoms with Gasteiger partial charge in [-0.15, -0.1) is 0 Å². The number of hydrogen-bond acceptors (Lipinski definition) is 8. The van der Waals surface area contributed by atoms with Crippen LogP contribution in [0.4, 0.5) is 0 Å². The van der Waals surface area contributed by atoms with E-state index in [1.54, 1.807) is 32.1 Å². The maximum Gasteiger partial charge on any atom is 0.276 e. The molecule has 0 radical (unpaired) electrons. The lowest BCUT2D eigenvalue weighted by Gasteiger charge is -2.38. The van der Waals surface area contributed by atoms with E-state index in [0.717, 1.165) is 22.3 Å². The van der Waals surface area contributed by atoms with E-state index in [-0.39, 0.29) is 17.5 Å². The summed E-state index contributed by atoms with van der Waals surface area (Å²) in [6.07, 6.45) is 2.17. The summed E-state index contributed by atoms with van der Waals surface area (Å²) in [4.78, 5) is 28.2. The Labute approximate surface area is 255 Å². The molecule has 3 aliphatic heterocycles. The Morgan fingerprint density at radius 1 is 0.977 bits per heavy atom. The van der Waals surface area contributed by atoms with Crippen LogP contribution in [0.3, 0.4) is 0 Å². The maximum atomic E-state index is 13.9. The van der Waals surface area contributed by atoms with Crippen molar-refractivity contribution in [3.05, 3.63) is 94.4 Å². The number of benzene rings is 3. The Balaban J connectivity index is 1.47. The second-order valence-corrected chi connectivity index (χ2v) is 10.9. The van der Waals surface area contributed by atoms with Crippen LogP contribution in [0.25, 0.3) is 0 Å². The molecule has 1 N–H and O–H groups in total. The summed E-state index contributed by atoms with van der Waals surface area (Å²) >= 11 is 0. The van der Waals surface area contributed by atoms with E-state index in [0.29, 0.717) is 79.9 Å². The molecule has 0 aliphatic carbocycles. The molecule has 8 bridgehead atoms. The van der Waals surface area contributed by atoms with Crippen molar-refractivity contribution in [3.8, 4) is 28.7 Å². The van der Waals surface area contributed by atoms with Crippen molar-refractivity contribution in [1.82, 2.24) is 15.4 Å². The van der Waals surface area contributed by atoms with Gasteiger partial charge in [-0.1, -0.05) is 23.4 Å². The highest BCUT2D eigenvalue weighted by Gasteiger charge is 2.35. The number of fused-ring (bicyclic) bond motifs is 8. The fraction of sp³-hybridized carbons (Fsp3) is 0.324. The largest absolute Gasteiger partial charge is 0.493 e. The number of carbonyl (C=O) groups excluding carboxylic acids is 2. The first-order valence-corrected chi connectivity index (χ1v) is 14.7. The first-order valence-electron chi connectivity index (χ1n) is 14.7. The Bertz CT molecular complexity index is 1680. The molecule has 10 heteroatoms. The molecule has 1 atom stereocenters. The molecule has 10 nitrogen and oxygen atoms in total. The molecular formula is C34H35N3O7. The number of nitrogens with zero attached hydrogens (tertiary/aromatic N) is 2. The molecule has 44 heavy (non-hydrogen) atoms. The summed E-state index contributed by atoms with van der Waals surface area (Å²) in [6.45, 7) is 3.07. The third-order valence-corrected chi connectivity index (χ3v) is 7.93. The maximum absolute atomic E-state index is 13.9. The molecule has 3 aromatic carbocycles. The minimum Gasteiger partial charge on any atom is -0.493 e. The molecule has 7 rings (SSSR count). The number of hydrogen-bond donors (Lipinski definition) is 1. The van der Waals surface area contributed by atoms with Crippen molar-refractivity contribution in [2.24, 2.45) is 0 Å². The van der Waals surface area contributed by atoms with Crippen LogP contribution in [0.2, 0.25) is 0 Å². The number of aryl methyl sites for hydroxylation is 2. The van der Waals surface area contributed by atoms with Gasteiger partial charge in [0.2, 0.25) is 5.91 Å². The van der Waals surface area contributed by atoms with Crippen molar-refractivity contribution < 1.29 is 33.1 Å². The van der Waals surface area contributed by atoms with Crippen LogP contribution in [0.15, 0.2) is 65.2 Å². The summed E-state index contributed by atoms with van der Waals surface area (Å²) in [5, 5.41) is 6.98. The van der Waals surface area contributed by atoms with Crippen LogP contribution in [0, 0.1) is 6.92 Å². The van der Waals surface area contributed by atoms with Gasteiger partial charge >= 0.3 is 0 Å². The first-order chi connectivity index (χ1) is 21.4. The monoisotopic (exact) mass is 597 g/mol. The van der Waals surface area contributed by atoms with Crippen molar-refractivity contribution in [1.29, 1.82) is 0 Å². The third kappa shape index (κ3) is 6.06. The van der Waals surface area contributed by atoms with Crippen molar-refractivity contribution >= 4 is 11.8 Å². The zero-order valence-electron chi connectivity index (χ0n) is 25.1. The van der Waals surface area contributed by atoms with Crippen LogP contribution in [0.1, 0.15) is 57.4 Å². The topological polar surface area (TPSA) is 112 Å². The summed E-state index contributed by atoms with van der Waals surface area (Å²) in [5.74, 6) is 3.17. The lowest BCUT2D eigenvalue weighted by molar-refractivity contribution is -0.121. The van der Waals surface area contributed by atoms with Crippen LogP contribution >= 0.6 is 0 Å². The normalized spacial score (nSPS) is 16.8. The van der Waals surface area contributed by atoms with E-state index >= 15 is 0 Å². The summed E-state index contributed by atoms with van der Waals surface area (Å²) in [6, 6.07) is 18.5. The molecule has 4 aromatic rings. The molecule has 0 fully saturated rings. The fourth-order valence-electron chi connectivity index (χ4n) is 5.75. The lowest BCUT2D eigenvalue weighted by atomic mass is 9.87. The van der Waals surface area contributed by atoms with Crippen LogP contribution in [-0.4, -0.2) is 55.8 Å². The predicted molar refractivity (Wildman–Crippen MR) is 162 cm³/mol. The summed E-state index contributed by atoms with van der Waals surface area (Å²) in [7, 11) is 3.19. The highest BCUT2D eigenvalue weighted by Crippen LogP contribution is 2.44. The first kappa shape index (κ1) is 29.1. The van der Waals surface area contributed by atoms with Gasteiger partial charge in [0.15, 0.2) is 28.7 Å². The molecule has 228 valence electrons. The number of methoxy groups -OCH3 is 2. The number of aromatic nitrogens is 1. The number of rotatable bonds is 3. The Morgan fingerprint density at radius 3 is 2.64 bits per heavy atom. The number of nitrogens with one attached hydrogen (secondary N) is 1. The molecular weight excluding hydrogens is 562 g/mol. The lowest BCUT2D eigenvalue weighted by Crippen LogP contribution is -2.40. The molecule has 0 saturated heterocycles. The van der Waals surface area contributed by atoms with E-state index in [4.69, 9.17) is 23.5 Å². The molecule has 2 amide bonds. The second kappa shape index (κ2) is 12.7. The predicted octanol–water partition coefficient (Wildman–Crippen LogP) is 5.41. The van der Waals surface area contributed by atoms with Gasteiger partial charge in [0.25, 0.3) is 5.91 Å². The van der Waals surface area contributed by atoms with Gasteiger partial charge in [-0.25, -0.2) is 0 Å². The zero-order chi connectivity index (χ0) is 30.6. The van der Waals surface area contributed by atoms with Crippen LogP contribution in [0.5, 0.6) is 28.7 Å². The molecule has 1 aromatic heterocycles. The van der Waals surface area contributed by atoms with E-state index in [9.17, 15) is 9.59 Å². The molecule has 4 heterocycles. The standard InChI is InChI=1S/C34H35N3O7/c1-21-16-27(36-44-21)34(39)37-14-12-23-18-31-29(41-3)20-26(23)33(37)24-9-10-28(40-2)30(19-24)42-15-5-13-35-32(38)11-8-22-6-4-7-25(17-22)43-31/h4,6-7,9-10,16-20,33H,5,8,11-15H2,1-3H3,(H,35,38). The number of amides is 2. The van der Waals surface area contributed by atoms with Crippen LogP contribution in [-0.2, 0) is 17.6 Å². The minimum atomic E-state index is -0.479. The third-order valence-electron chi connectivity index (χ3n) is 7.93. The van der Waals surface area contributed by atoms with Gasteiger partial charge in [0.05, 0.1) is 26.9 Å². The van der Waals surface area contributed by atoms with Gasteiger partial charge in [-0.3, -0.25) is 9.59 Å². The highest BCUT2D eigenvalue weighted by atomic mass is 16.5. The van der Waals surface area contributed by atoms with Gasteiger partial charge in [-0.2, -0.15) is 0 Å². The smallest absolute Gasteiger partial charge is 0.276 e. The quantitative estimate of drug-likeness (QED) is 0.334. The van der Waals surface area contributed by atoms with Crippen molar-refractivity contribution in [2.75, 3.05) is 33.9 Å². The van der Waals surface area contributed by atoms with Gasteiger partial charge in [0.1, 0.15) is 11.5 Å². The molecule has 0 spiro atoms. The number of ether oxygens (including phenoxy) is 4. The SMILES string of the molecule is COc1ccc2cc1OCCCNC(=O)CCc1cccc(c1)Oc1cc3c(cc1OC)C2N(C(=O)c1cc(C)on1)CC3. The van der Waals surface area contributed by atoms with Gasteiger partial charge in [0, 0.05) is 25.6 Å². The Kier molecular flexibility index (Phi) is 8.40. The number of carbonyl (C=O) groups is 2. The molecule has 1 unspecified atom stereocenters. The highest BCUT2D eigenvalue weighted by molar-refractivity contribution is 5.93. The minimum absolute atomic E-state index is 0.0238. The summed E-state index contributed by atoms with van der Waals surface area (Å²) in [5.41, 5.74) is 4.02. The molecule has 0 saturated carbocycles. The van der Waals surface area contributed by atoms with E-state index in [2.05, 4.69) is 10.5 Å². The average Bonchev–Trinajstić information content (AvgIpc) is 3.48.